The molecule has 2 N–H and O–H groups in total. The van der Waals surface area contributed by atoms with Crippen LogP contribution < -0.4 is 4.74 Å². The van der Waals surface area contributed by atoms with E-state index in [2.05, 4.69) is 24.8 Å². The Morgan fingerprint density at radius 1 is 1.23 bits per heavy atom. The number of aliphatic hydroxyl groups is 2. The van der Waals surface area contributed by atoms with E-state index in [-0.39, 0.29) is 6.10 Å². The number of aliphatic hydroxyl groups excluding tert-OH is 2. The van der Waals surface area contributed by atoms with E-state index in [9.17, 15) is 10.2 Å². The maximum atomic E-state index is 10.2. The quantitative estimate of drug-likeness (QED) is 0.811. The van der Waals surface area contributed by atoms with E-state index in [0.717, 1.165) is 25.3 Å². The molecule has 1 aromatic rings. The van der Waals surface area contributed by atoms with Gasteiger partial charge in [0.25, 0.3) is 0 Å². The van der Waals surface area contributed by atoms with Crippen molar-refractivity contribution in [1.82, 2.24) is 4.90 Å². The maximum absolute atomic E-state index is 10.2. The number of likely N-dealkylation sites (tertiary alicyclic amines) is 1. The topological polar surface area (TPSA) is 52.9 Å². The molecule has 1 heterocycles. The van der Waals surface area contributed by atoms with Crippen molar-refractivity contribution in [3.63, 3.8) is 0 Å². The number of nitrogens with zero attached hydrogens (tertiary/aromatic N) is 1. The van der Waals surface area contributed by atoms with E-state index < -0.39 is 6.10 Å². The van der Waals surface area contributed by atoms with Crippen molar-refractivity contribution < 1.29 is 14.9 Å². The number of hydrogen-bond donors (Lipinski definition) is 2. The van der Waals surface area contributed by atoms with E-state index in [1.54, 1.807) is 0 Å². The second kappa shape index (κ2) is 7.95. The van der Waals surface area contributed by atoms with Crippen molar-refractivity contribution in [2.45, 2.75) is 45.3 Å². The van der Waals surface area contributed by atoms with Crippen molar-refractivity contribution >= 4 is 0 Å². The Bertz CT molecular complexity index is 461. The fraction of sp³-hybridized carbons (Fsp3) is 0.667. The number of ether oxygens (including phenoxy) is 1. The van der Waals surface area contributed by atoms with Crippen molar-refractivity contribution in [2.75, 3.05) is 26.2 Å². The summed E-state index contributed by atoms with van der Waals surface area (Å²) in [4.78, 5) is 2.21. The van der Waals surface area contributed by atoms with Gasteiger partial charge >= 0.3 is 0 Å². The summed E-state index contributed by atoms with van der Waals surface area (Å²) in [7, 11) is 0. The largest absolute Gasteiger partial charge is 0.491 e. The van der Waals surface area contributed by atoms with Gasteiger partial charge in [-0.05, 0) is 43.4 Å². The van der Waals surface area contributed by atoms with Gasteiger partial charge in [0, 0.05) is 13.1 Å². The van der Waals surface area contributed by atoms with Gasteiger partial charge in [-0.1, -0.05) is 32.0 Å². The first kappa shape index (κ1) is 17.3. The smallest absolute Gasteiger partial charge is 0.122 e. The van der Waals surface area contributed by atoms with Crippen LogP contribution >= 0.6 is 0 Å². The summed E-state index contributed by atoms with van der Waals surface area (Å²) in [5, 5.41) is 19.8. The molecule has 3 atom stereocenters. The van der Waals surface area contributed by atoms with E-state index in [0.29, 0.717) is 25.0 Å². The first-order valence-electron chi connectivity index (χ1n) is 8.27. The summed E-state index contributed by atoms with van der Waals surface area (Å²) in [6.45, 7) is 8.83. The van der Waals surface area contributed by atoms with Crippen molar-refractivity contribution in [3.05, 3.63) is 29.8 Å². The SMILES string of the molecule is CC(C)c1ccccc1OCC(O)CN1CCC(C(C)O)C1. The predicted molar refractivity (Wildman–Crippen MR) is 88.3 cm³/mol. The molecule has 1 aliphatic heterocycles. The highest BCUT2D eigenvalue weighted by atomic mass is 16.5. The Morgan fingerprint density at radius 3 is 2.59 bits per heavy atom. The van der Waals surface area contributed by atoms with Gasteiger partial charge in [-0.3, -0.25) is 0 Å². The molecule has 1 aliphatic rings. The van der Waals surface area contributed by atoms with E-state index in [1.165, 1.54) is 5.56 Å². The molecule has 0 saturated carbocycles. The molecule has 1 fully saturated rings. The fourth-order valence-electron chi connectivity index (χ4n) is 3.05. The second-order valence-corrected chi connectivity index (χ2v) is 6.71. The van der Waals surface area contributed by atoms with Crippen LogP contribution in [0.15, 0.2) is 24.3 Å². The predicted octanol–water partition coefficient (Wildman–Crippen LogP) is 2.25. The fourth-order valence-corrected chi connectivity index (χ4v) is 3.05. The molecule has 0 radical (unpaired) electrons. The van der Waals surface area contributed by atoms with Crippen LogP contribution in [0.1, 0.15) is 38.7 Å². The summed E-state index contributed by atoms with van der Waals surface area (Å²) in [5.74, 6) is 1.59. The van der Waals surface area contributed by atoms with Crippen LogP contribution in [0, 0.1) is 5.92 Å². The Hall–Kier alpha value is -1.10. The van der Waals surface area contributed by atoms with Crippen LogP contribution in [-0.4, -0.2) is 53.6 Å². The zero-order chi connectivity index (χ0) is 16.1. The van der Waals surface area contributed by atoms with Gasteiger partial charge in [0.1, 0.15) is 18.5 Å². The van der Waals surface area contributed by atoms with Crippen LogP contribution in [0.2, 0.25) is 0 Å². The summed E-state index contributed by atoms with van der Waals surface area (Å²) in [6, 6.07) is 8.00. The van der Waals surface area contributed by atoms with E-state index in [1.807, 2.05) is 25.1 Å². The minimum Gasteiger partial charge on any atom is -0.491 e. The first-order chi connectivity index (χ1) is 10.5. The lowest BCUT2D eigenvalue weighted by Gasteiger charge is -2.22. The molecular formula is C18H29NO3. The number of para-hydroxylation sites is 1. The van der Waals surface area contributed by atoms with Crippen LogP contribution in [0.3, 0.4) is 0 Å². The molecule has 0 aliphatic carbocycles. The third kappa shape index (κ3) is 4.70. The molecule has 4 nitrogen and oxygen atoms in total. The van der Waals surface area contributed by atoms with Gasteiger partial charge in [-0.25, -0.2) is 0 Å². The highest BCUT2D eigenvalue weighted by molar-refractivity contribution is 5.35. The standard InChI is InChI=1S/C18H29NO3/c1-13(2)17-6-4-5-7-18(17)22-12-16(21)11-19-9-8-15(10-19)14(3)20/h4-7,13-16,20-21H,8-12H2,1-3H3. The van der Waals surface area contributed by atoms with Gasteiger partial charge in [0.15, 0.2) is 0 Å². The highest BCUT2D eigenvalue weighted by Crippen LogP contribution is 2.26. The third-order valence-corrected chi connectivity index (χ3v) is 4.43. The van der Waals surface area contributed by atoms with Crippen LogP contribution in [0.25, 0.3) is 0 Å². The molecule has 22 heavy (non-hydrogen) atoms. The molecule has 0 spiro atoms. The zero-order valence-electron chi connectivity index (χ0n) is 13.9. The molecule has 1 saturated heterocycles. The van der Waals surface area contributed by atoms with Crippen molar-refractivity contribution in [3.8, 4) is 5.75 Å². The highest BCUT2D eigenvalue weighted by Gasteiger charge is 2.27. The molecule has 2 rings (SSSR count). The summed E-state index contributed by atoms with van der Waals surface area (Å²) in [6.07, 6.45) is 0.228. The molecule has 1 aromatic carbocycles. The summed E-state index contributed by atoms with van der Waals surface area (Å²) < 4.78 is 5.82. The van der Waals surface area contributed by atoms with Crippen molar-refractivity contribution in [2.24, 2.45) is 5.92 Å². The summed E-state index contributed by atoms with van der Waals surface area (Å²) in [5.41, 5.74) is 1.17. The summed E-state index contributed by atoms with van der Waals surface area (Å²) >= 11 is 0. The first-order valence-corrected chi connectivity index (χ1v) is 8.27. The Labute approximate surface area is 133 Å². The minimum absolute atomic E-state index is 0.267. The molecule has 0 bridgehead atoms. The third-order valence-electron chi connectivity index (χ3n) is 4.43. The minimum atomic E-state index is -0.507. The van der Waals surface area contributed by atoms with Crippen LogP contribution in [-0.2, 0) is 0 Å². The lowest BCUT2D eigenvalue weighted by molar-refractivity contribution is 0.0692. The van der Waals surface area contributed by atoms with E-state index in [4.69, 9.17) is 4.74 Å². The molecular weight excluding hydrogens is 278 g/mol. The normalized spacial score (nSPS) is 22.0. The average molecular weight is 307 g/mol. The zero-order valence-corrected chi connectivity index (χ0v) is 13.9. The van der Waals surface area contributed by atoms with Crippen LogP contribution in [0.5, 0.6) is 5.75 Å². The van der Waals surface area contributed by atoms with Gasteiger partial charge in [0.05, 0.1) is 6.10 Å². The monoisotopic (exact) mass is 307 g/mol. The molecule has 0 aromatic heterocycles. The lowest BCUT2D eigenvalue weighted by Crippen LogP contribution is -2.35. The number of β-amino-alcohol motifs (C(OH)–C–C–N with tert-alkyl or cyclic N) is 1. The lowest BCUT2D eigenvalue weighted by atomic mass is 10.0. The van der Waals surface area contributed by atoms with E-state index >= 15 is 0 Å². The Balaban J connectivity index is 1.80. The molecule has 0 amide bonds. The second-order valence-electron chi connectivity index (χ2n) is 6.71. The number of rotatable bonds is 7. The van der Waals surface area contributed by atoms with Gasteiger partial charge < -0.3 is 19.8 Å². The van der Waals surface area contributed by atoms with Crippen molar-refractivity contribution in [1.29, 1.82) is 0 Å². The average Bonchev–Trinajstić information content (AvgIpc) is 2.94. The molecule has 124 valence electrons. The van der Waals surface area contributed by atoms with Gasteiger partial charge in [-0.2, -0.15) is 0 Å². The van der Waals surface area contributed by atoms with Gasteiger partial charge in [0.2, 0.25) is 0 Å². The van der Waals surface area contributed by atoms with Crippen LogP contribution in [0.4, 0.5) is 0 Å². The Morgan fingerprint density at radius 2 is 1.95 bits per heavy atom. The maximum Gasteiger partial charge on any atom is 0.122 e. The Kier molecular flexibility index (Phi) is 6.24. The number of hydrogen-bond acceptors (Lipinski definition) is 4. The number of benzene rings is 1. The molecule has 3 unspecified atom stereocenters. The van der Waals surface area contributed by atoms with Gasteiger partial charge in [-0.15, -0.1) is 0 Å². The molecule has 4 heteroatoms.